The average Bonchev–Trinajstić information content (AvgIpc) is 2.83. The molecule has 1 N–H and O–H groups in total. The molecule has 1 amide bonds. The summed E-state index contributed by atoms with van der Waals surface area (Å²) in [6, 6.07) is 14.6. The first kappa shape index (κ1) is 25.0. The van der Waals surface area contributed by atoms with E-state index >= 15 is 0 Å². The number of ether oxygens (including phenoxy) is 1. The second kappa shape index (κ2) is 10.3. The van der Waals surface area contributed by atoms with Gasteiger partial charge in [0.15, 0.2) is 0 Å². The van der Waals surface area contributed by atoms with E-state index in [0.717, 1.165) is 24.2 Å². The Morgan fingerprint density at radius 2 is 1.94 bits per heavy atom. The molecule has 0 spiro atoms. The first-order chi connectivity index (χ1) is 16.2. The molecule has 0 saturated carbocycles. The second-order valence-electron chi connectivity index (χ2n) is 9.38. The van der Waals surface area contributed by atoms with Crippen LogP contribution < -0.4 is 10.1 Å². The Hall–Kier alpha value is -2.09. The van der Waals surface area contributed by atoms with Crippen LogP contribution in [0.25, 0.3) is 0 Å². The van der Waals surface area contributed by atoms with Crippen molar-refractivity contribution in [2.24, 2.45) is 5.92 Å². The summed E-state index contributed by atoms with van der Waals surface area (Å²) in [6.45, 7) is 4.86. The molecule has 0 aromatic heterocycles. The summed E-state index contributed by atoms with van der Waals surface area (Å²) in [5.41, 5.74) is 1.31. The Labute approximate surface area is 207 Å². The fraction of sp³-hybridized carbons (Fsp3) is 0.500. The maximum Gasteiger partial charge on any atom is 0.224 e. The summed E-state index contributed by atoms with van der Waals surface area (Å²) in [5.74, 6) is 0.225. The van der Waals surface area contributed by atoms with E-state index in [1.165, 1.54) is 4.31 Å². The van der Waals surface area contributed by atoms with Gasteiger partial charge in [0.1, 0.15) is 11.4 Å². The lowest BCUT2D eigenvalue weighted by Gasteiger charge is -2.42. The zero-order valence-electron chi connectivity index (χ0n) is 19.8. The number of benzene rings is 2. The van der Waals surface area contributed by atoms with Crippen LogP contribution in [0.4, 0.5) is 0 Å². The smallest absolute Gasteiger partial charge is 0.224 e. The molecule has 2 aliphatic heterocycles. The number of nitrogens with zero attached hydrogens (tertiary/aromatic N) is 1. The number of hydrogen-bond acceptors (Lipinski definition) is 4. The quantitative estimate of drug-likeness (QED) is 0.570. The normalized spacial score (nSPS) is 22.4. The van der Waals surface area contributed by atoms with Crippen LogP contribution in [0.5, 0.6) is 5.75 Å². The minimum Gasteiger partial charge on any atom is -0.487 e. The van der Waals surface area contributed by atoms with Crippen molar-refractivity contribution < 1.29 is 17.9 Å². The minimum absolute atomic E-state index is 0.0922. The Morgan fingerprint density at radius 1 is 1.18 bits per heavy atom. The van der Waals surface area contributed by atoms with E-state index in [1.54, 1.807) is 24.3 Å². The van der Waals surface area contributed by atoms with Gasteiger partial charge >= 0.3 is 0 Å². The number of amides is 1. The van der Waals surface area contributed by atoms with E-state index < -0.39 is 10.0 Å². The van der Waals surface area contributed by atoms with Crippen LogP contribution in [0.1, 0.15) is 63.1 Å². The Kier molecular flexibility index (Phi) is 7.55. The third kappa shape index (κ3) is 5.42. The summed E-state index contributed by atoms with van der Waals surface area (Å²) in [6.07, 6.45) is 3.73. The lowest BCUT2D eigenvalue weighted by atomic mass is 9.83. The molecule has 0 radical (unpaired) electrons. The predicted octanol–water partition coefficient (Wildman–Crippen LogP) is 5.08. The van der Waals surface area contributed by atoms with Crippen LogP contribution in [0.2, 0.25) is 5.02 Å². The molecule has 0 unspecified atom stereocenters. The number of nitrogens with one attached hydrogen (secondary N) is 1. The molecule has 1 fully saturated rings. The van der Waals surface area contributed by atoms with E-state index in [4.69, 9.17) is 16.3 Å². The predicted molar refractivity (Wildman–Crippen MR) is 134 cm³/mol. The summed E-state index contributed by atoms with van der Waals surface area (Å²) < 4.78 is 34.0. The summed E-state index contributed by atoms with van der Waals surface area (Å²) in [5, 5.41) is 3.75. The van der Waals surface area contributed by atoms with Gasteiger partial charge in [-0.2, -0.15) is 0 Å². The van der Waals surface area contributed by atoms with Crippen molar-refractivity contribution in [1.82, 2.24) is 9.62 Å². The molecule has 184 valence electrons. The molecule has 2 atom stereocenters. The fourth-order valence-corrected chi connectivity index (χ4v) is 6.87. The van der Waals surface area contributed by atoms with Crippen LogP contribution in [0, 0.1) is 5.92 Å². The number of hydrogen-bond donors (Lipinski definition) is 1. The average molecular weight is 505 g/mol. The number of carbonyl (C=O) groups excluding carboxylic acids is 1. The number of para-hydroxylation sites is 1. The van der Waals surface area contributed by atoms with Crippen molar-refractivity contribution in [2.45, 2.75) is 63.3 Å². The van der Waals surface area contributed by atoms with Crippen molar-refractivity contribution >= 4 is 27.5 Å². The fourth-order valence-electron chi connectivity index (χ4n) is 5.06. The highest BCUT2D eigenvalue weighted by molar-refractivity contribution is 7.88. The number of sulfonamides is 1. The topological polar surface area (TPSA) is 75.7 Å². The van der Waals surface area contributed by atoms with Crippen LogP contribution >= 0.6 is 11.6 Å². The zero-order valence-corrected chi connectivity index (χ0v) is 21.4. The molecule has 2 aromatic rings. The molecule has 0 aliphatic carbocycles. The molecule has 34 heavy (non-hydrogen) atoms. The van der Waals surface area contributed by atoms with Gasteiger partial charge in [-0.3, -0.25) is 4.79 Å². The summed E-state index contributed by atoms with van der Waals surface area (Å²) in [4.78, 5) is 13.3. The maximum atomic E-state index is 13.3. The monoisotopic (exact) mass is 504 g/mol. The minimum atomic E-state index is -3.55. The van der Waals surface area contributed by atoms with Gasteiger partial charge in [-0.15, -0.1) is 0 Å². The molecular formula is C26H33ClN2O4S. The highest BCUT2D eigenvalue weighted by Gasteiger charge is 2.40. The molecule has 8 heteroatoms. The van der Waals surface area contributed by atoms with Crippen molar-refractivity contribution in [3.63, 3.8) is 0 Å². The van der Waals surface area contributed by atoms with E-state index in [-0.39, 0.29) is 35.8 Å². The van der Waals surface area contributed by atoms with E-state index in [0.29, 0.717) is 36.4 Å². The van der Waals surface area contributed by atoms with Crippen molar-refractivity contribution in [3.8, 4) is 5.75 Å². The summed E-state index contributed by atoms with van der Waals surface area (Å²) in [7, 11) is -3.55. The van der Waals surface area contributed by atoms with E-state index in [1.807, 2.05) is 24.3 Å². The van der Waals surface area contributed by atoms with Gasteiger partial charge in [0.05, 0.1) is 17.7 Å². The first-order valence-electron chi connectivity index (χ1n) is 12.1. The largest absolute Gasteiger partial charge is 0.487 e. The van der Waals surface area contributed by atoms with Crippen LogP contribution in [0.15, 0.2) is 48.5 Å². The van der Waals surface area contributed by atoms with Gasteiger partial charge in [0, 0.05) is 30.1 Å². The van der Waals surface area contributed by atoms with Crippen LogP contribution in [-0.4, -0.2) is 37.3 Å². The number of fused-ring (bicyclic) bond motifs is 1. The maximum absolute atomic E-state index is 13.3. The molecule has 4 rings (SSSR count). The zero-order chi connectivity index (χ0) is 24.3. The lowest BCUT2D eigenvalue weighted by Crippen LogP contribution is -2.49. The van der Waals surface area contributed by atoms with Gasteiger partial charge in [0.2, 0.25) is 15.9 Å². The number of halogens is 1. The standard InChI is InChI=1S/C26H33ClN2O4S/c1-3-26(4-2)16-23(22-12-5-6-13-24(22)33-26)28-25(30)20-10-8-14-29(17-20)34(31,32)18-19-9-7-11-21(27)15-19/h5-7,9,11-13,15,20,23H,3-4,8,10,14,16-18H2,1-2H3,(H,28,30)/t20-,23+/m1/s1. The van der Waals surface area contributed by atoms with Crippen molar-refractivity contribution in [2.75, 3.05) is 13.1 Å². The van der Waals surface area contributed by atoms with Crippen LogP contribution in [0.3, 0.4) is 0 Å². The number of piperidine rings is 1. The van der Waals surface area contributed by atoms with Crippen molar-refractivity contribution in [1.29, 1.82) is 0 Å². The molecule has 2 aliphatic rings. The van der Waals surface area contributed by atoms with Gasteiger partial charge < -0.3 is 10.1 Å². The number of rotatable bonds is 7. The SMILES string of the molecule is CCC1(CC)C[C@H](NC(=O)[C@@H]2CCCN(S(=O)(=O)Cc3cccc(Cl)c3)C2)c2ccccc2O1. The lowest BCUT2D eigenvalue weighted by molar-refractivity contribution is -0.127. The van der Waals surface area contributed by atoms with Gasteiger partial charge in [-0.1, -0.05) is 55.8 Å². The third-order valence-corrected chi connectivity index (χ3v) is 9.24. The molecule has 6 nitrogen and oxygen atoms in total. The molecule has 2 aromatic carbocycles. The van der Waals surface area contributed by atoms with E-state index in [2.05, 4.69) is 19.2 Å². The Bertz CT molecular complexity index is 1130. The highest BCUT2D eigenvalue weighted by atomic mass is 35.5. The first-order valence-corrected chi connectivity index (χ1v) is 14.0. The third-order valence-electron chi connectivity index (χ3n) is 7.19. The molecule has 1 saturated heterocycles. The molecular weight excluding hydrogens is 472 g/mol. The van der Waals surface area contributed by atoms with Gasteiger partial charge in [0.25, 0.3) is 0 Å². The molecule has 0 bridgehead atoms. The second-order valence-corrected chi connectivity index (χ2v) is 11.8. The number of carbonyl (C=O) groups is 1. The Balaban J connectivity index is 1.47. The van der Waals surface area contributed by atoms with Gasteiger partial charge in [-0.05, 0) is 49.4 Å². The molecule has 2 heterocycles. The summed E-state index contributed by atoms with van der Waals surface area (Å²) >= 11 is 6.02. The van der Waals surface area contributed by atoms with Crippen LogP contribution in [-0.2, 0) is 20.6 Å². The van der Waals surface area contributed by atoms with E-state index in [9.17, 15) is 13.2 Å². The Morgan fingerprint density at radius 3 is 2.68 bits per heavy atom. The van der Waals surface area contributed by atoms with Crippen molar-refractivity contribution in [3.05, 3.63) is 64.7 Å². The highest BCUT2D eigenvalue weighted by Crippen LogP contribution is 2.42. The van der Waals surface area contributed by atoms with Gasteiger partial charge in [-0.25, -0.2) is 12.7 Å².